The number of fused-ring (bicyclic) bond motifs is 1. The number of azide groups is 1. The molecule has 0 atom stereocenters. The molecule has 0 unspecified atom stereocenters. The number of Topliss-reactive ketones (excluding diaryl/α,β-unsaturated/α-hetero) is 1. The number of rotatable bonds is 10. The second kappa shape index (κ2) is 10.8. The molecule has 0 aliphatic carbocycles. The van der Waals surface area contributed by atoms with Crippen molar-refractivity contribution in [3.63, 3.8) is 0 Å². The van der Waals surface area contributed by atoms with Crippen LogP contribution in [0.1, 0.15) is 54.7 Å². The van der Waals surface area contributed by atoms with E-state index in [4.69, 9.17) is 15.3 Å². The molecule has 0 bridgehead atoms. The molecule has 0 aromatic carbocycles. The van der Waals surface area contributed by atoms with E-state index >= 15 is 0 Å². The lowest BCUT2D eigenvalue weighted by Crippen LogP contribution is -2.44. The Balaban J connectivity index is 1.50. The van der Waals surface area contributed by atoms with Gasteiger partial charge in [-0.2, -0.15) is 5.26 Å². The van der Waals surface area contributed by atoms with E-state index in [1.54, 1.807) is 36.8 Å². The highest BCUT2D eigenvalue weighted by molar-refractivity contribution is 6.12. The monoisotopic (exact) mass is 483 g/mol. The predicted octanol–water partition coefficient (Wildman–Crippen LogP) is 4.65. The molecule has 0 saturated carbocycles. The maximum Gasteiger partial charge on any atom is 0.316 e. The third-order valence-electron chi connectivity index (χ3n) is 6.05. The first-order chi connectivity index (χ1) is 17.5. The molecule has 0 spiro atoms. The van der Waals surface area contributed by atoms with Gasteiger partial charge in [-0.15, -0.1) is 0 Å². The molecule has 3 aromatic rings. The first-order valence-electron chi connectivity index (χ1n) is 11.6. The molecule has 4 heterocycles. The SMILES string of the molecule is CC1(C)C(=O)c2ccc(-c3cnc(OCCCCCN=[N+]=[N-])nc3)nc2N1Cc1cccnc1C#N. The van der Waals surface area contributed by atoms with E-state index in [2.05, 4.69) is 31.0 Å². The number of nitriles is 1. The van der Waals surface area contributed by atoms with E-state index in [1.165, 1.54) is 0 Å². The van der Waals surface area contributed by atoms with E-state index in [0.717, 1.165) is 24.8 Å². The summed E-state index contributed by atoms with van der Waals surface area (Å²) in [6.07, 6.45) is 7.36. The average molecular weight is 484 g/mol. The van der Waals surface area contributed by atoms with E-state index in [9.17, 15) is 10.1 Å². The van der Waals surface area contributed by atoms with E-state index in [0.29, 0.717) is 48.0 Å². The zero-order valence-electron chi connectivity index (χ0n) is 20.1. The molecule has 36 heavy (non-hydrogen) atoms. The minimum absolute atomic E-state index is 0.0293. The zero-order valence-corrected chi connectivity index (χ0v) is 20.1. The summed E-state index contributed by atoms with van der Waals surface area (Å²) in [7, 11) is 0. The molecule has 182 valence electrons. The molecule has 11 nitrogen and oxygen atoms in total. The van der Waals surface area contributed by atoms with Crippen molar-refractivity contribution in [2.24, 2.45) is 5.11 Å². The molecule has 0 radical (unpaired) electrons. The van der Waals surface area contributed by atoms with Gasteiger partial charge in [0.1, 0.15) is 17.6 Å². The Labute approximate surface area is 208 Å². The summed E-state index contributed by atoms with van der Waals surface area (Å²) in [4.78, 5) is 35.3. The summed E-state index contributed by atoms with van der Waals surface area (Å²) in [5.41, 5.74) is 10.4. The number of ether oxygens (including phenoxy) is 1. The topological polar surface area (TPSA) is 154 Å². The molecule has 0 amide bonds. The minimum Gasteiger partial charge on any atom is -0.463 e. The van der Waals surface area contributed by atoms with E-state index in [1.807, 2.05) is 24.8 Å². The van der Waals surface area contributed by atoms with E-state index in [-0.39, 0.29) is 11.8 Å². The Morgan fingerprint density at radius 3 is 2.72 bits per heavy atom. The van der Waals surface area contributed by atoms with Crippen LogP contribution < -0.4 is 9.64 Å². The summed E-state index contributed by atoms with van der Waals surface area (Å²) in [5, 5.41) is 12.9. The molecule has 1 aliphatic rings. The lowest BCUT2D eigenvalue weighted by molar-refractivity contribution is 0.0923. The van der Waals surface area contributed by atoms with Crippen LogP contribution in [0.2, 0.25) is 0 Å². The Hall–Kier alpha value is -4.55. The van der Waals surface area contributed by atoms with Crippen LogP contribution in [-0.2, 0) is 6.54 Å². The molecule has 1 aliphatic heterocycles. The van der Waals surface area contributed by atoms with Crippen molar-refractivity contribution >= 4 is 11.6 Å². The van der Waals surface area contributed by atoms with Crippen molar-refractivity contribution in [2.45, 2.75) is 45.2 Å². The van der Waals surface area contributed by atoms with Crippen LogP contribution in [0.15, 0.2) is 48.0 Å². The Morgan fingerprint density at radius 2 is 1.97 bits per heavy atom. The van der Waals surface area contributed by atoms with Crippen LogP contribution in [0.25, 0.3) is 21.7 Å². The number of hydrogen-bond donors (Lipinski definition) is 0. The Morgan fingerprint density at radius 1 is 1.17 bits per heavy atom. The van der Waals surface area contributed by atoms with Gasteiger partial charge < -0.3 is 9.64 Å². The van der Waals surface area contributed by atoms with Crippen LogP contribution in [-0.4, -0.2) is 44.4 Å². The molecular weight excluding hydrogens is 458 g/mol. The van der Waals surface area contributed by atoms with Gasteiger partial charge in [0, 0.05) is 47.7 Å². The number of ketones is 1. The summed E-state index contributed by atoms with van der Waals surface area (Å²) in [6.45, 7) is 4.98. The fourth-order valence-electron chi connectivity index (χ4n) is 4.01. The van der Waals surface area contributed by atoms with Crippen LogP contribution in [0.4, 0.5) is 5.82 Å². The quantitative estimate of drug-likeness (QED) is 0.175. The number of carbonyl (C=O) groups excluding carboxylic acids is 1. The van der Waals surface area contributed by atoms with Crippen LogP contribution in [0.5, 0.6) is 6.01 Å². The van der Waals surface area contributed by atoms with Gasteiger partial charge in [-0.05, 0) is 56.8 Å². The predicted molar refractivity (Wildman–Crippen MR) is 132 cm³/mol. The highest BCUT2D eigenvalue weighted by Crippen LogP contribution is 2.39. The zero-order chi connectivity index (χ0) is 25.5. The maximum absolute atomic E-state index is 13.1. The van der Waals surface area contributed by atoms with Crippen molar-refractivity contribution in [3.8, 4) is 23.3 Å². The van der Waals surface area contributed by atoms with Gasteiger partial charge in [0.25, 0.3) is 0 Å². The van der Waals surface area contributed by atoms with Gasteiger partial charge in [-0.3, -0.25) is 4.79 Å². The lowest BCUT2D eigenvalue weighted by atomic mass is 9.97. The molecule has 4 rings (SSSR count). The second-order valence-electron chi connectivity index (χ2n) is 8.78. The number of unbranched alkanes of at least 4 members (excludes halogenated alkanes) is 2. The molecule has 0 saturated heterocycles. The van der Waals surface area contributed by atoms with Crippen molar-refractivity contribution < 1.29 is 9.53 Å². The Bertz CT molecular complexity index is 1340. The first-order valence-corrected chi connectivity index (χ1v) is 11.6. The summed E-state index contributed by atoms with van der Waals surface area (Å²) in [5.74, 6) is 0.523. The van der Waals surface area contributed by atoms with Crippen LogP contribution in [0, 0.1) is 11.3 Å². The molecule has 0 fully saturated rings. The van der Waals surface area contributed by atoms with Crippen molar-refractivity contribution in [1.82, 2.24) is 19.9 Å². The standard InChI is InChI=1S/C25H25N9O2/c1-25(2)22(35)19-8-9-20(32-23(19)34(25)16-17-7-6-10-28-21(17)13-26)18-14-29-24(30-15-18)36-12-5-3-4-11-31-33-27/h6-10,14-15H,3-5,11-12,16H2,1-2H3. The third kappa shape index (κ3) is 5.09. The van der Waals surface area contributed by atoms with Gasteiger partial charge in [-0.1, -0.05) is 11.2 Å². The number of nitrogens with zero attached hydrogens (tertiary/aromatic N) is 9. The summed E-state index contributed by atoms with van der Waals surface area (Å²) in [6, 6.07) is 9.55. The number of pyridine rings is 2. The van der Waals surface area contributed by atoms with Crippen LogP contribution in [0.3, 0.4) is 0 Å². The van der Waals surface area contributed by atoms with E-state index < -0.39 is 5.54 Å². The fraction of sp³-hybridized carbons (Fsp3) is 0.360. The second-order valence-corrected chi connectivity index (χ2v) is 8.78. The third-order valence-corrected chi connectivity index (χ3v) is 6.05. The largest absolute Gasteiger partial charge is 0.463 e. The van der Waals surface area contributed by atoms with Crippen LogP contribution >= 0.6 is 0 Å². The van der Waals surface area contributed by atoms with Gasteiger partial charge >= 0.3 is 6.01 Å². The normalized spacial score (nSPS) is 13.6. The van der Waals surface area contributed by atoms with Gasteiger partial charge in [0.05, 0.1) is 23.4 Å². The molecule has 3 aromatic heterocycles. The highest BCUT2D eigenvalue weighted by Gasteiger charge is 2.45. The molecule has 11 heteroatoms. The highest BCUT2D eigenvalue weighted by atomic mass is 16.5. The molecule has 0 N–H and O–H groups in total. The van der Waals surface area contributed by atoms with Gasteiger partial charge in [-0.25, -0.2) is 19.9 Å². The number of aromatic nitrogens is 4. The number of anilines is 1. The van der Waals surface area contributed by atoms with Gasteiger partial charge in [0.2, 0.25) is 0 Å². The summed E-state index contributed by atoms with van der Waals surface area (Å²) < 4.78 is 5.59. The smallest absolute Gasteiger partial charge is 0.316 e. The number of carbonyl (C=O) groups is 1. The van der Waals surface area contributed by atoms with Crippen molar-refractivity contribution in [3.05, 3.63) is 70.1 Å². The maximum atomic E-state index is 13.1. The number of hydrogen-bond acceptors (Lipinski definition) is 9. The lowest BCUT2D eigenvalue weighted by Gasteiger charge is -2.32. The minimum atomic E-state index is -0.828. The fourth-order valence-corrected chi connectivity index (χ4v) is 4.01. The average Bonchev–Trinajstić information content (AvgIpc) is 3.08. The summed E-state index contributed by atoms with van der Waals surface area (Å²) >= 11 is 0. The van der Waals surface area contributed by atoms with Crippen molar-refractivity contribution in [1.29, 1.82) is 5.26 Å². The first kappa shape index (κ1) is 24.6. The molecular formula is C25H25N9O2. The van der Waals surface area contributed by atoms with Gasteiger partial charge in [0.15, 0.2) is 5.78 Å². The van der Waals surface area contributed by atoms with Crippen molar-refractivity contribution in [2.75, 3.05) is 18.1 Å². The Kier molecular flexibility index (Phi) is 7.37.